The number of rotatable bonds is 4. The zero-order valence-electron chi connectivity index (χ0n) is 17.2. The van der Waals surface area contributed by atoms with Gasteiger partial charge in [0.2, 0.25) is 11.7 Å². The number of benzene rings is 2. The molecular formula is C24H24ClN5O. The van der Waals surface area contributed by atoms with Crippen LogP contribution in [0.1, 0.15) is 31.2 Å². The Balaban J connectivity index is 1.66. The minimum absolute atomic E-state index is 0.113. The van der Waals surface area contributed by atoms with E-state index in [1.165, 1.54) is 12.8 Å². The molecule has 7 heteroatoms. The van der Waals surface area contributed by atoms with E-state index < -0.39 is 0 Å². The third-order valence-electron chi connectivity index (χ3n) is 5.83. The van der Waals surface area contributed by atoms with Gasteiger partial charge in [-0.3, -0.25) is 9.36 Å². The van der Waals surface area contributed by atoms with Crippen molar-refractivity contribution in [3.05, 3.63) is 75.5 Å². The molecule has 3 heterocycles. The smallest absolute Gasteiger partial charge is 0.263 e. The van der Waals surface area contributed by atoms with Crippen LogP contribution in [-0.2, 0) is 6.54 Å². The van der Waals surface area contributed by atoms with Gasteiger partial charge in [-0.2, -0.15) is 0 Å². The standard InChI is InChI=1S/C24H24ClN5O/c25-19-12-13-21-20(17-19)22(31)29(16-8-11-18-9-4-3-5-10-18)24-27-26-23(30(21)24)28-14-6-1-2-7-15-28/h3-5,8-13,17H,1-2,6-7,14-16H2/b11-8+. The molecule has 2 aromatic heterocycles. The first kappa shape index (κ1) is 19.8. The fourth-order valence-corrected chi connectivity index (χ4v) is 4.44. The molecule has 1 aliphatic heterocycles. The van der Waals surface area contributed by atoms with Crippen molar-refractivity contribution in [3.63, 3.8) is 0 Å². The van der Waals surface area contributed by atoms with Gasteiger partial charge in [-0.1, -0.05) is 66.9 Å². The first-order valence-corrected chi connectivity index (χ1v) is 11.1. The van der Waals surface area contributed by atoms with Crippen molar-refractivity contribution in [1.29, 1.82) is 0 Å². The lowest BCUT2D eigenvalue weighted by molar-refractivity contribution is 0.726. The number of anilines is 1. The van der Waals surface area contributed by atoms with Gasteiger partial charge in [0.15, 0.2) is 0 Å². The summed E-state index contributed by atoms with van der Waals surface area (Å²) in [5.74, 6) is 1.35. The van der Waals surface area contributed by atoms with Gasteiger partial charge in [-0.15, -0.1) is 10.2 Å². The van der Waals surface area contributed by atoms with E-state index >= 15 is 0 Å². The van der Waals surface area contributed by atoms with Crippen molar-refractivity contribution < 1.29 is 0 Å². The molecule has 0 amide bonds. The van der Waals surface area contributed by atoms with Crippen molar-refractivity contribution in [1.82, 2.24) is 19.2 Å². The van der Waals surface area contributed by atoms with Gasteiger partial charge in [0, 0.05) is 24.7 Å². The fourth-order valence-electron chi connectivity index (χ4n) is 4.27. The molecule has 0 N–H and O–H groups in total. The van der Waals surface area contributed by atoms with Crippen molar-refractivity contribution >= 4 is 40.3 Å². The topological polar surface area (TPSA) is 55.4 Å². The van der Waals surface area contributed by atoms with Crippen LogP contribution in [-0.4, -0.2) is 32.3 Å². The normalized spacial score (nSPS) is 15.2. The Kier molecular flexibility index (Phi) is 5.47. The van der Waals surface area contributed by atoms with Crippen LogP contribution < -0.4 is 10.5 Å². The zero-order chi connectivity index (χ0) is 21.2. The average Bonchev–Trinajstić information content (AvgIpc) is 3.04. The average molecular weight is 434 g/mol. The molecule has 0 saturated carbocycles. The van der Waals surface area contributed by atoms with Gasteiger partial charge in [0.05, 0.1) is 10.9 Å². The van der Waals surface area contributed by atoms with Gasteiger partial charge < -0.3 is 4.90 Å². The van der Waals surface area contributed by atoms with Crippen LogP contribution in [0.15, 0.2) is 59.4 Å². The summed E-state index contributed by atoms with van der Waals surface area (Å²) in [5, 5.41) is 10.1. The summed E-state index contributed by atoms with van der Waals surface area (Å²) in [6.45, 7) is 2.30. The number of fused-ring (bicyclic) bond motifs is 3. The summed E-state index contributed by atoms with van der Waals surface area (Å²) < 4.78 is 3.68. The highest BCUT2D eigenvalue weighted by molar-refractivity contribution is 6.31. The van der Waals surface area contributed by atoms with E-state index in [4.69, 9.17) is 11.6 Å². The number of aromatic nitrogens is 4. The van der Waals surface area contributed by atoms with Crippen LogP contribution >= 0.6 is 11.6 Å². The SMILES string of the molecule is O=c1c2cc(Cl)ccc2n2c(N3CCCCCC3)nnc2n1C/C=C/c1ccccc1. The lowest BCUT2D eigenvalue weighted by Crippen LogP contribution is -2.28. The van der Waals surface area contributed by atoms with E-state index in [1.807, 2.05) is 59.0 Å². The molecule has 158 valence electrons. The van der Waals surface area contributed by atoms with Crippen LogP contribution in [0.5, 0.6) is 0 Å². The first-order valence-electron chi connectivity index (χ1n) is 10.8. The summed E-state index contributed by atoms with van der Waals surface area (Å²) in [6.07, 6.45) is 8.73. The summed E-state index contributed by atoms with van der Waals surface area (Å²) in [6, 6.07) is 15.5. The zero-order valence-corrected chi connectivity index (χ0v) is 18.0. The van der Waals surface area contributed by atoms with Crippen LogP contribution in [0.4, 0.5) is 5.95 Å². The van der Waals surface area contributed by atoms with E-state index in [2.05, 4.69) is 15.1 Å². The van der Waals surface area contributed by atoms with E-state index in [0.29, 0.717) is 22.7 Å². The highest BCUT2D eigenvalue weighted by Gasteiger charge is 2.21. The van der Waals surface area contributed by atoms with E-state index in [9.17, 15) is 4.79 Å². The Hall–Kier alpha value is -3.12. The molecule has 0 spiro atoms. The van der Waals surface area contributed by atoms with Crippen LogP contribution in [0.2, 0.25) is 5.02 Å². The van der Waals surface area contributed by atoms with E-state index in [0.717, 1.165) is 43.0 Å². The molecule has 1 saturated heterocycles. The second-order valence-electron chi connectivity index (χ2n) is 7.93. The molecule has 1 aliphatic rings. The summed E-state index contributed by atoms with van der Waals surface area (Å²) in [4.78, 5) is 15.6. The van der Waals surface area contributed by atoms with Crippen LogP contribution in [0, 0.1) is 0 Å². The molecule has 0 aliphatic carbocycles. The molecule has 5 rings (SSSR count). The third kappa shape index (κ3) is 3.83. The van der Waals surface area contributed by atoms with Crippen LogP contribution in [0.25, 0.3) is 22.8 Å². The molecular weight excluding hydrogens is 410 g/mol. The van der Waals surface area contributed by atoms with Crippen LogP contribution in [0.3, 0.4) is 0 Å². The van der Waals surface area contributed by atoms with Crippen molar-refractivity contribution in [2.45, 2.75) is 32.2 Å². The van der Waals surface area contributed by atoms with Crippen molar-refractivity contribution in [2.75, 3.05) is 18.0 Å². The highest BCUT2D eigenvalue weighted by Crippen LogP contribution is 2.24. The minimum Gasteiger partial charge on any atom is -0.341 e. The van der Waals surface area contributed by atoms with Gasteiger partial charge in [-0.05, 0) is 36.6 Å². The predicted octanol–water partition coefficient (Wildman–Crippen LogP) is 4.79. The molecule has 6 nitrogen and oxygen atoms in total. The molecule has 1 fully saturated rings. The predicted molar refractivity (Wildman–Crippen MR) is 126 cm³/mol. The Bertz CT molecular complexity index is 1300. The number of hydrogen-bond acceptors (Lipinski definition) is 4. The highest BCUT2D eigenvalue weighted by atomic mass is 35.5. The second-order valence-corrected chi connectivity index (χ2v) is 8.36. The monoisotopic (exact) mass is 433 g/mol. The Morgan fingerprint density at radius 2 is 1.74 bits per heavy atom. The Morgan fingerprint density at radius 1 is 0.968 bits per heavy atom. The lowest BCUT2D eigenvalue weighted by Gasteiger charge is -2.20. The van der Waals surface area contributed by atoms with Gasteiger partial charge >= 0.3 is 0 Å². The number of nitrogens with zero attached hydrogens (tertiary/aromatic N) is 5. The Morgan fingerprint density at radius 3 is 2.52 bits per heavy atom. The van der Waals surface area contributed by atoms with E-state index in [-0.39, 0.29) is 5.56 Å². The molecule has 0 bridgehead atoms. The summed E-state index contributed by atoms with van der Waals surface area (Å²) >= 11 is 6.25. The minimum atomic E-state index is -0.113. The Labute approximate surface area is 185 Å². The second kappa shape index (κ2) is 8.55. The van der Waals surface area contributed by atoms with Gasteiger partial charge in [-0.25, -0.2) is 4.40 Å². The van der Waals surface area contributed by atoms with Gasteiger partial charge in [0.25, 0.3) is 5.56 Å². The van der Waals surface area contributed by atoms with E-state index in [1.54, 1.807) is 10.6 Å². The number of hydrogen-bond donors (Lipinski definition) is 0. The number of halogens is 1. The fraction of sp³-hybridized carbons (Fsp3) is 0.292. The molecule has 0 unspecified atom stereocenters. The molecule has 0 radical (unpaired) electrons. The largest absolute Gasteiger partial charge is 0.341 e. The lowest BCUT2D eigenvalue weighted by atomic mass is 10.2. The molecule has 31 heavy (non-hydrogen) atoms. The molecule has 4 aromatic rings. The third-order valence-corrected chi connectivity index (χ3v) is 6.07. The maximum absolute atomic E-state index is 13.4. The quantitative estimate of drug-likeness (QED) is 0.464. The van der Waals surface area contributed by atoms with Gasteiger partial charge in [0.1, 0.15) is 0 Å². The molecule has 2 aromatic carbocycles. The molecule has 0 atom stereocenters. The summed E-state index contributed by atoms with van der Waals surface area (Å²) in [5.41, 5.74) is 1.76. The van der Waals surface area contributed by atoms with Crippen molar-refractivity contribution in [2.24, 2.45) is 0 Å². The maximum atomic E-state index is 13.4. The van der Waals surface area contributed by atoms with Crippen molar-refractivity contribution in [3.8, 4) is 0 Å². The first-order chi connectivity index (χ1) is 15.2. The number of allylic oxidation sites excluding steroid dienone is 1. The summed E-state index contributed by atoms with van der Waals surface area (Å²) in [7, 11) is 0. The maximum Gasteiger partial charge on any atom is 0.263 e.